The van der Waals surface area contributed by atoms with Gasteiger partial charge in [-0.05, 0) is 19.1 Å². The van der Waals surface area contributed by atoms with E-state index in [1.54, 1.807) is 6.92 Å². The summed E-state index contributed by atoms with van der Waals surface area (Å²) < 4.78 is 38.4. The van der Waals surface area contributed by atoms with Crippen LogP contribution in [0.3, 0.4) is 0 Å². The van der Waals surface area contributed by atoms with Crippen molar-refractivity contribution in [3.63, 3.8) is 0 Å². The SMILES string of the molecule is Cc1ncc2ccc(C(F)(F)F)cn12. The average Bonchev–Trinajstić information content (AvgIpc) is 2.46. The number of rotatable bonds is 0. The minimum Gasteiger partial charge on any atom is -0.303 e. The third-order valence-corrected chi connectivity index (χ3v) is 2.04. The molecule has 0 unspecified atom stereocenters. The number of alkyl halides is 3. The summed E-state index contributed by atoms with van der Waals surface area (Å²) in [7, 11) is 0. The Kier molecular flexibility index (Phi) is 1.77. The number of halogens is 3. The average molecular weight is 200 g/mol. The van der Waals surface area contributed by atoms with Crippen LogP contribution in [0, 0.1) is 6.92 Å². The zero-order valence-corrected chi connectivity index (χ0v) is 7.34. The highest BCUT2D eigenvalue weighted by Gasteiger charge is 2.30. The van der Waals surface area contributed by atoms with Gasteiger partial charge in [0.15, 0.2) is 0 Å². The van der Waals surface area contributed by atoms with Crippen LogP contribution in [-0.4, -0.2) is 9.38 Å². The van der Waals surface area contributed by atoms with Gasteiger partial charge in [-0.1, -0.05) is 0 Å². The van der Waals surface area contributed by atoms with Gasteiger partial charge < -0.3 is 4.40 Å². The van der Waals surface area contributed by atoms with Crippen LogP contribution in [0.2, 0.25) is 0 Å². The molecule has 0 aliphatic carbocycles. The predicted octanol–water partition coefficient (Wildman–Crippen LogP) is 2.66. The fourth-order valence-corrected chi connectivity index (χ4v) is 1.29. The van der Waals surface area contributed by atoms with E-state index in [0.29, 0.717) is 11.3 Å². The summed E-state index contributed by atoms with van der Waals surface area (Å²) in [4.78, 5) is 3.91. The molecule has 0 N–H and O–H groups in total. The molecular weight excluding hydrogens is 193 g/mol. The topological polar surface area (TPSA) is 17.3 Å². The summed E-state index contributed by atoms with van der Waals surface area (Å²) in [6, 6.07) is 2.46. The molecule has 0 amide bonds. The maximum absolute atomic E-state index is 12.3. The maximum atomic E-state index is 12.3. The molecule has 0 fully saturated rings. The Morgan fingerprint density at radius 1 is 1.29 bits per heavy atom. The van der Waals surface area contributed by atoms with Gasteiger partial charge in [-0.15, -0.1) is 0 Å². The Morgan fingerprint density at radius 2 is 2.00 bits per heavy atom. The second-order valence-corrected chi connectivity index (χ2v) is 3.02. The maximum Gasteiger partial charge on any atom is 0.417 e. The summed E-state index contributed by atoms with van der Waals surface area (Å²) in [5.41, 5.74) is 0.00148. The van der Waals surface area contributed by atoms with Crippen molar-refractivity contribution in [3.05, 3.63) is 35.9 Å². The monoisotopic (exact) mass is 200 g/mol. The molecule has 2 aromatic heterocycles. The molecule has 2 rings (SSSR count). The molecule has 0 spiro atoms. The largest absolute Gasteiger partial charge is 0.417 e. The third-order valence-electron chi connectivity index (χ3n) is 2.04. The van der Waals surface area contributed by atoms with Crippen molar-refractivity contribution in [1.82, 2.24) is 9.38 Å². The van der Waals surface area contributed by atoms with Crippen LogP contribution in [0.25, 0.3) is 5.52 Å². The smallest absolute Gasteiger partial charge is 0.303 e. The highest BCUT2D eigenvalue weighted by Crippen LogP contribution is 2.29. The predicted molar refractivity (Wildman–Crippen MR) is 44.9 cm³/mol. The van der Waals surface area contributed by atoms with Gasteiger partial charge in [0.25, 0.3) is 0 Å². The Labute approximate surface area is 78.0 Å². The molecular formula is C9H7F3N2. The normalized spacial score (nSPS) is 12.3. The third kappa shape index (κ3) is 1.34. The number of nitrogens with zero attached hydrogens (tertiary/aromatic N) is 2. The van der Waals surface area contributed by atoms with Crippen LogP contribution < -0.4 is 0 Å². The van der Waals surface area contributed by atoms with Crippen molar-refractivity contribution in [2.24, 2.45) is 0 Å². The van der Waals surface area contributed by atoms with Crippen molar-refractivity contribution in [2.75, 3.05) is 0 Å². The van der Waals surface area contributed by atoms with Gasteiger partial charge in [-0.25, -0.2) is 4.98 Å². The van der Waals surface area contributed by atoms with E-state index in [4.69, 9.17) is 0 Å². The van der Waals surface area contributed by atoms with Gasteiger partial charge in [-0.2, -0.15) is 13.2 Å². The van der Waals surface area contributed by atoms with E-state index in [0.717, 1.165) is 12.3 Å². The summed E-state index contributed by atoms with van der Waals surface area (Å²) in [5.74, 6) is 0.547. The van der Waals surface area contributed by atoms with Gasteiger partial charge in [0, 0.05) is 6.20 Å². The van der Waals surface area contributed by atoms with Crippen LogP contribution >= 0.6 is 0 Å². The fourth-order valence-electron chi connectivity index (χ4n) is 1.29. The highest BCUT2D eigenvalue weighted by atomic mass is 19.4. The van der Waals surface area contributed by atoms with Crippen LogP contribution in [0.1, 0.15) is 11.4 Å². The van der Waals surface area contributed by atoms with Crippen LogP contribution in [0.5, 0.6) is 0 Å². The minimum atomic E-state index is -4.30. The molecule has 2 heterocycles. The first-order valence-electron chi connectivity index (χ1n) is 3.99. The van der Waals surface area contributed by atoms with Crippen molar-refractivity contribution < 1.29 is 13.2 Å². The molecule has 74 valence electrons. The Morgan fingerprint density at radius 3 is 2.64 bits per heavy atom. The van der Waals surface area contributed by atoms with Crippen molar-refractivity contribution in [3.8, 4) is 0 Å². The van der Waals surface area contributed by atoms with E-state index < -0.39 is 11.7 Å². The quantitative estimate of drug-likeness (QED) is 0.639. The fraction of sp³-hybridized carbons (Fsp3) is 0.222. The second-order valence-electron chi connectivity index (χ2n) is 3.02. The van der Waals surface area contributed by atoms with Crippen LogP contribution in [-0.2, 0) is 6.18 Å². The van der Waals surface area contributed by atoms with Crippen molar-refractivity contribution >= 4 is 5.52 Å². The Balaban J connectivity index is 2.66. The molecule has 0 atom stereocenters. The lowest BCUT2D eigenvalue weighted by Crippen LogP contribution is -2.06. The zero-order chi connectivity index (χ0) is 10.3. The molecule has 0 saturated carbocycles. The number of pyridine rings is 1. The van der Waals surface area contributed by atoms with Gasteiger partial charge >= 0.3 is 6.18 Å². The molecule has 5 heteroatoms. The molecule has 0 aromatic carbocycles. The highest BCUT2D eigenvalue weighted by molar-refractivity contribution is 5.47. The van der Waals surface area contributed by atoms with Gasteiger partial charge in [0.1, 0.15) is 5.82 Å². The first kappa shape index (κ1) is 9.05. The van der Waals surface area contributed by atoms with Crippen molar-refractivity contribution in [2.45, 2.75) is 13.1 Å². The molecule has 0 bridgehead atoms. The lowest BCUT2D eigenvalue weighted by atomic mass is 10.2. The summed E-state index contributed by atoms with van der Waals surface area (Å²) in [6.45, 7) is 1.66. The van der Waals surface area contributed by atoms with E-state index in [-0.39, 0.29) is 0 Å². The number of fused-ring (bicyclic) bond motifs is 1. The number of hydrogen-bond donors (Lipinski definition) is 0. The van der Waals surface area contributed by atoms with Crippen LogP contribution in [0.15, 0.2) is 24.5 Å². The van der Waals surface area contributed by atoms with Crippen molar-refractivity contribution in [1.29, 1.82) is 0 Å². The molecule has 0 radical (unpaired) electrons. The minimum absolute atomic E-state index is 0.547. The molecule has 0 saturated heterocycles. The number of hydrogen-bond acceptors (Lipinski definition) is 1. The lowest BCUT2D eigenvalue weighted by molar-refractivity contribution is -0.137. The van der Waals surface area contributed by atoms with E-state index in [2.05, 4.69) is 4.98 Å². The number of aryl methyl sites for hydroxylation is 1. The zero-order valence-electron chi connectivity index (χ0n) is 7.34. The number of imidazole rings is 1. The van der Waals surface area contributed by atoms with E-state index >= 15 is 0 Å². The van der Waals surface area contributed by atoms with E-state index in [9.17, 15) is 13.2 Å². The second kappa shape index (κ2) is 2.73. The van der Waals surface area contributed by atoms with Gasteiger partial charge in [-0.3, -0.25) is 0 Å². The molecule has 0 aliphatic heterocycles. The lowest BCUT2D eigenvalue weighted by Gasteiger charge is -2.06. The Bertz CT molecular complexity index is 470. The molecule has 0 aliphatic rings. The first-order chi connectivity index (χ1) is 6.48. The molecule has 2 aromatic rings. The summed E-state index contributed by atoms with van der Waals surface area (Å²) in [5, 5.41) is 0. The standard InChI is InChI=1S/C9H7F3N2/c1-6-13-4-8-3-2-7(5-14(6)8)9(10,11)12/h2-5H,1H3. The van der Waals surface area contributed by atoms with Crippen LogP contribution in [0.4, 0.5) is 13.2 Å². The number of aromatic nitrogens is 2. The molecule has 2 nitrogen and oxygen atoms in total. The molecule has 14 heavy (non-hydrogen) atoms. The first-order valence-corrected chi connectivity index (χ1v) is 3.99. The van der Waals surface area contributed by atoms with Gasteiger partial charge in [0.2, 0.25) is 0 Å². The van der Waals surface area contributed by atoms with E-state index in [1.165, 1.54) is 16.7 Å². The summed E-state index contributed by atoms with van der Waals surface area (Å²) >= 11 is 0. The van der Waals surface area contributed by atoms with E-state index in [1.807, 2.05) is 0 Å². The Hall–Kier alpha value is -1.52. The summed E-state index contributed by atoms with van der Waals surface area (Å²) in [6.07, 6.45) is -1.71. The van der Waals surface area contributed by atoms with Gasteiger partial charge in [0.05, 0.1) is 17.3 Å².